The van der Waals surface area contributed by atoms with Crippen molar-refractivity contribution in [2.75, 3.05) is 0 Å². The van der Waals surface area contributed by atoms with Gasteiger partial charge in [0.1, 0.15) is 16.5 Å². The van der Waals surface area contributed by atoms with Crippen molar-refractivity contribution in [3.8, 4) is 0 Å². The molecule has 0 amide bonds. The molecule has 0 spiro atoms. The zero-order chi connectivity index (χ0) is 12.8. The molecule has 0 aliphatic carbocycles. The van der Waals surface area contributed by atoms with Gasteiger partial charge < -0.3 is 4.23 Å². The minimum Gasteiger partial charge on any atom is -0.430 e. The summed E-state index contributed by atoms with van der Waals surface area (Å²) in [6.45, 7) is 16.9. The molecule has 0 N–H and O–H groups in total. The van der Waals surface area contributed by atoms with Gasteiger partial charge in [-0.25, -0.2) is 0 Å². The molecule has 0 aromatic carbocycles. The standard InChI is InChI=1S/C13H31NSi2/c1-8-12-13-14(15(5,6)7)16(9-2,10-3)11-4/h12-13H,8-11H2,1-7H3. The highest BCUT2D eigenvalue weighted by Crippen LogP contribution is 2.30. The van der Waals surface area contributed by atoms with Crippen LogP contribution in [-0.2, 0) is 0 Å². The summed E-state index contributed by atoms with van der Waals surface area (Å²) in [5.74, 6) is 0. The van der Waals surface area contributed by atoms with E-state index in [9.17, 15) is 0 Å². The summed E-state index contributed by atoms with van der Waals surface area (Å²) in [5, 5.41) is 0. The van der Waals surface area contributed by atoms with E-state index < -0.39 is 16.5 Å². The first-order valence-corrected chi connectivity index (χ1v) is 12.9. The van der Waals surface area contributed by atoms with Crippen LogP contribution in [0.1, 0.15) is 34.1 Å². The molecule has 0 radical (unpaired) electrons. The van der Waals surface area contributed by atoms with Gasteiger partial charge in [-0.15, -0.1) is 0 Å². The molecule has 0 heterocycles. The van der Waals surface area contributed by atoms with Gasteiger partial charge in [-0.3, -0.25) is 0 Å². The Morgan fingerprint density at radius 1 is 0.875 bits per heavy atom. The molecule has 0 aromatic heterocycles. The fraction of sp³-hybridized carbons (Fsp3) is 0.846. The second kappa shape index (κ2) is 6.65. The first-order valence-electron chi connectivity index (χ1n) is 6.84. The van der Waals surface area contributed by atoms with E-state index in [-0.39, 0.29) is 0 Å². The van der Waals surface area contributed by atoms with Gasteiger partial charge in [-0.2, -0.15) is 0 Å². The zero-order valence-corrected chi connectivity index (χ0v) is 14.4. The summed E-state index contributed by atoms with van der Waals surface area (Å²) < 4.78 is 2.85. The minimum atomic E-state index is -1.21. The summed E-state index contributed by atoms with van der Waals surface area (Å²) in [7, 11) is -2.43. The van der Waals surface area contributed by atoms with Gasteiger partial charge in [0, 0.05) is 0 Å². The van der Waals surface area contributed by atoms with Crippen LogP contribution in [0, 0.1) is 0 Å². The second-order valence-corrected chi connectivity index (χ2v) is 15.9. The normalized spacial score (nSPS) is 13.4. The topological polar surface area (TPSA) is 3.24 Å². The Labute approximate surface area is 105 Å². The van der Waals surface area contributed by atoms with E-state index in [1.807, 2.05) is 0 Å². The number of hydrogen-bond donors (Lipinski definition) is 0. The van der Waals surface area contributed by atoms with Crippen molar-refractivity contribution in [3.05, 3.63) is 12.3 Å². The summed E-state index contributed by atoms with van der Waals surface area (Å²) in [6.07, 6.45) is 5.94. The van der Waals surface area contributed by atoms with E-state index in [2.05, 4.69) is 63.8 Å². The van der Waals surface area contributed by atoms with Crippen molar-refractivity contribution in [1.82, 2.24) is 4.23 Å². The highest BCUT2D eigenvalue weighted by molar-refractivity contribution is 6.91. The van der Waals surface area contributed by atoms with Crippen LogP contribution in [0.15, 0.2) is 12.3 Å². The molecule has 3 heteroatoms. The Morgan fingerprint density at radius 2 is 1.31 bits per heavy atom. The molecule has 0 fully saturated rings. The van der Waals surface area contributed by atoms with Crippen molar-refractivity contribution < 1.29 is 0 Å². The molecule has 16 heavy (non-hydrogen) atoms. The fourth-order valence-corrected chi connectivity index (χ4v) is 13.2. The largest absolute Gasteiger partial charge is 0.430 e. The van der Waals surface area contributed by atoms with Crippen molar-refractivity contribution >= 4 is 16.5 Å². The number of hydrogen-bond acceptors (Lipinski definition) is 1. The Kier molecular flexibility index (Phi) is 6.64. The first-order chi connectivity index (χ1) is 7.37. The fourth-order valence-electron chi connectivity index (χ4n) is 2.57. The quantitative estimate of drug-likeness (QED) is 0.577. The highest BCUT2D eigenvalue weighted by Gasteiger charge is 2.39. The third-order valence-corrected chi connectivity index (χ3v) is 13.8. The summed E-state index contributed by atoms with van der Waals surface area (Å²) in [4.78, 5) is 0. The van der Waals surface area contributed by atoms with Crippen molar-refractivity contribution in [3.63, 3.8) is 0 Å². The van der Waals surface area contributed by atoms with Gasteiger partial charge in [0.15, 0.2) is 0 Å². The van der Waals surface area contributed by atoms with Crippen LogP contribution in [0.5, 0.6) is 0 Å². The van der Waals surface area contributed by atoms with Crippen LogP contribution in [-0.4, -0.2) is 20.7 Å². The van der Waals surface area contributed by atoms with Crippen LogP contribution in [0.3, 0.4) is 0 Å². The van der Waals surface area contributed by atoms with E-state index in [4.69, 9.17) is 0 Å². The molecule has 0 saturated carbocycles. The van der Waals surface area contributed by atoms with Crippen LogP contribution in [0.2, 0.25) is 37.8 Å². The Morgan fingerprint density at radius 3 is 1.56 bits per heavy atom. The van der Waals surface area contributed by atoms with Crippen LogP contribution in [0.4, 0.5) is 0 Å². The van der Waals surface area contributed by atoms with E-state index in [0.717, 1.165) is 6.42 Å². The average Bonchev–Trinajstić information content (AvgIpc) is 2.23. The SMILES string of the molecule is CCC=CN([Si](C)(C)C)[Si](CC)(CC)CC. The van der Waals surface area contributed by atoms with Gasteiger partial charge in [-0.05, 0) is 30.8 Å². The second-order valence-electron chi connectivity index (χ2n) is 5.62. The van der Waals surface area contributed by atoms with Gasteiger partial charge >= 0.3 is 0 Å². The molecular formula is C13H31NSi2. The van der Waals surface area contributed by atoms with Crippen LogP contribution < -0.4 is 0 Å². The van der Waals surface area contributed by atoms with Crippen molar-refractivity contribution in [2.45, 2.75) is 71.9 Å². The Hall–Kier alpha value is -0.0262. The third-order valence-electron chi connectivity index (χ3n) is 3.70. The third kappa shape index (κ3) is 3.77. The lowest BCUT2D eigenvalue weighted by molar-refractivity contribution is 0.777. The summed E-state index contributed by atoms with van der Waals surface area (Å²) in [5.41, 5.74) is 0. The lowest BCUT2D eigenvalue weighted by Crippen LogP contribution is -2.59. The molecule has 0 rings (SSSR count). The van der Waals surface area contributed by atoms with E-state index in [1.54, 1.807) is 0 Å². The maximum absolute atomic E-state index is 2.85. The van der Waals surface area contributed by atoms with E-state index in [1.165, 1.54) is 18.1 Å². The summed E-state index contributed by atoms with van der Waals surface area (Å²) >= 11 is 0. The molecule has 0 aliphatic rings. The number of rotatable bonds is 7. The number of allylic oxidation sites excluding steroid dienone is 1. The zero-order valence-electron chi connectivity index (χ0n) is 12.4. The molecular weight excluding hydrogens is 226 g/mol. The molecule has 0 unspecified atom stereocenters. The van der Waals surface area contributed by atoms with E-state index >= 15 is 0 Å². The van der Waals surface area contributed by atoms with Crippen molar-refractivity contribution in [2.24, 2.45) is 0 Å². The van der Waals surface area contributed by atoms with Gasteiger partial charge in [-0.1, -0.05) is 53.4 Å². The highest BCUT2D eigenvalue weighted by atomic mass is 28.4. The Bertz CT molecular complexity index is 206. The number of nitrogens with zero attached hydrogens (tertiary/aromatic N) is 1. The first kappa shape index (κ1) is 16.0. The smallest absolute Gasteiger partial charge is 0.146 e. The molecule has 96 valence electrons. The average molecular weight is 258 g/mol. The van der Waals surface area contributed by atoms with Gasteiger partial charge in [0.05, 0.1) is 0 Å². The predicted molar refractivity (Wildman–Crippen MR) is 81.8 cm³/mol. The lowest BCUT2D eigenvalue weighted by Gasteiger charge is -2.48. The molecule has 0 aliphatic heterocycles. The Balaban J connectivity index is 5.20. The molecule has 0 saturated heterocycles. The van der Waals surface area contributed by atoms with Crippen LogP contribution >= 0.6 is 0 Å². The molecule has 0 aromatic rings. The monoisotopic (exact) mass is 257 g/mol. The van der Waals surface area contributed by atoms with E-state index in [0.29, 0.717) is 0 Å². The molecule has 1 nitrogen and oxygen atoms in total. The maximum atomic E-state index is 2.85. The van der Waals surface area contributed by atoms with Gasteiger partial charge in [0.2, 0.25) is 0 Å². The minimum absolute atomic E-state index is 1.16. The predicted octanol–water partition coefficient (Wildman–Crippen LogP) is 5.05. The summed E-state index contributed by atoms with van der Waals surface area (Å²) in [6, 6.07) is 4.16. The maximum Gasteiger partial charge on any atom is 0.146 e. The van der Waals surface area contributed by atoms with Crippen molar-refractivity contribution in [1.29, 1.82) is 0 Å². The van der Waals surface area contributed by atoms with Crippen LogP contribution in [0.25, 0.3) is 0 Å². The molecule has 0 bridgehead atoms. The molecule has 0 atom stereocenters. The lowest BCUT2D eigenvalue weighted by atomic mass is 10.5. The van der Waals surface area contributed by atoms with Gasteiger partial charge in [0.25, 0.3) is 0 Å².